The molecular formula is H10KNa3O9Si3. The SMILES string of the molecule is O=[Si](O)O.O=[Si](O)O.O=[Si](O)O.[KH].[NaH].[NaH].[NaH]. The first kappa shape index (κ1) is 42.7. The Morgan fingerprint density at radius 3 is 0.500 bits per heavy atom. The zero-order valence-electron chi connectivity index (χ0n) is 5.41. The summed E-state index contributed by atoms with van der Waals surface area (Å²) in [5, 5.41) is 0. The van der Waals surface area contributed by atoms with Gasteiger partial charge in [0.2, 0.25) is 0 Å². The Bertz CT molecular complexity index is 124. The summed E-state index contributed by atoms with van der Waals surface area (Å²) in [6.07, 6.45) is 0. The van der Waals surface area contributed by atoms with Crippen molar-refractivity contribution >= 4 is 168 Å². The van der Waals surface area contributed by atoms with E-state index in [9.17, 15) is 0 Å². The van der Waals surface area contributed by atoms with Gasteiger partial charge in [0.25, 0.3) is 0 Å². The maximum absolute atomic E-state index is 8.74. The summed E-state index contributed by atoms with van der Waals surface area (Å²) in [6.45, 7) is 0. The van der Waals surface area contributed by atoms with Gasteiger partial charge in [-0.3, -0.25) is 13.4 Å². The average molecular weight is 346 g/mol. The van der Waals surface area contributed by atoms with Gasteiger partial charge in [-0.05, 0) is 0 Å². The van der Waals surface area contributed by atoms with Crippen LogP contribution < -0.4 is 0 Å². The van der Waals surface area contributed by atoms with Gasteiger partial charge in [0.1, 0.15) is 0 Å². The van der Waals surface area contributed by atoms with E-state index in [1.165, 1.54) is 0 Å². The third-order valence-electron chi connectivity index (χ3n) is 0. The van der Waals surface area contributed by atoms with Crippen LogP contribution in [0.15, 0.2) is 0 Å². The average Bonchev–Trinajstić information content (AvgIpc) is 1.54. The molecule has 0 radical (unpaired) electrons. The van der Waals surface area contributed by atoms with Gasteiger partial charge in [0.15, 0.2) is 0 Å². The Kier molecular flexibility index (Phi) is 96.8. The molecule has 0 aliphatic heterocycles. The van der Waals surface area contributed by atoms with Crippen LogP contribution in [0, 0.1) is 0 Å². The summed E-state index contributed by atoms with van der Waals surface area (Å²) >= 11 is 0. The molecule has 0 spiro atoms. The molecule has 0 aliphatic rings. The van der Waals surface area contributed by atoms with E-state index >= 15 is 0 Å². The van der Waals surface area contributed by atoms with Gasteiger partial charge in [0, 0.05) is 0 Å². The van der Waals surface area contributed by atoms with E-state index in [0.717, 1.165) is 0 Å². The zero-order chi connectivity index (χ0) is 10.7. The van der Waals surface area contributed by atoms with Crippen LogP contribution in [0.1, 0.15) is 0 Å². The van der Waals surface area contributed by atoms with E-state index in [1.54, 1.807) is 0 Å². The molecule has 80 valence electrons. The van der Waals surface area contributed by atoms with Crippen molar-refractivity contribution in [2.45, 2.75) is 0 Å². The quantitative estimate of drug-likeness (QED) is 0.233. The summed E-state index contributed by atoms with van der Waals surface area (Å²) < 4.78 is 26.2. The molecule has 0 atom stereocenters. The molecule has 16 heavy (non-hydrogen) atoms. The van der Waals surface area contributed by atoms with Crippen LogP contribution in [0.2, 0.25) is 0 Å². The van der Waals surface area contributed by atoms with Crippen LogP contribution in [-0.4, -0.2) is 196 Å². The van der Waals surface area contributed by atoms with Gasteiger partial charge in [0.05, 0.1) is 0 Å². The molecule has 0 saturated carbocycles. The second-order valence-corrected chi connectivity index (χ2v) is 2.54. The molecule has 6 N–H and O–H groups in total. The van der Waals surface area contributed by atoms with E-state index in [4.69, 9.17) is 42.2 Å². The van der Waals surface area contributed by atoms with Crippen molar-refractivity contribution < 1.29 is 42.2 Å². The molecule has 0 bridgehead atoms. The van der Waals surface area contributed by atoms with E-state index in [-0.39, 0.29) is 140 Å². The Morgan fingerprint density at radius 1 is 0.500 bits per heavy atom. The van der Waals surface area contributed by atoms with Crippen LogP contribution >= 0.6 is 0 Å². The van der Waals surface area contributed by atoms with Crippen molar-refractivity contribution in [1.82, 2.24) is 0 Å². The minimum absolute atomic E-state index is 0. The van der Waals surface area contributed by atoms with Gasteiger partial charge >= 0.3 is 168 Å². The molecule has 0 unspecified atom stereocenters. The molecule has 0 rings (SSSR count). The number of hydrogen-bond acceptors (Lipinski definition) is 3. The topological polar surface area (TPSA) is 173 Å². The van der Waals surface area contributed by atoms with Crippen LogP contribution in [0.3, 0.4) is 0 Å². The summed E-state index contributed by atoms with van der Waals surface area (Å²) in [6, 6.07) is 0. The van der Waals surface area contributed by atoms with Gasteiger partial charge in [-0.15, -0.1) is 0 Å². The predicted molar refractivity (Wildman–Crippen MR) is 61.2 cm³/mol. The van der Waals surface area contributed by atoms with Gasteiger partial charge in [-0.1, -0.05) is 0 Å². The first-order valence-corrected chi connectivity index (χ1v) is 5.86. The van der Waals surface area contributed by atoms with Crippen molar-refractivity contribution in [3.8, 4) is 0 Å². The van der Waals surface area contributed by atoms with E-state index in [0.29, 0.717) is 0 Å². The monoisotopic (exact) mass is 346 g/mol. The molecule has 0 aromatic rings. The van der Waals surface area contributed by atoms with Gasteiger partial charge < -0.3 is 28.8 Å². The second-order valence-electron chi connectivity index (χ2n) is 0.848. The summed E-state index contributed by atoms with van der Waals surface area (Å²) in [7, 11) is -9.39. The normalized spacial score (nSPS) is 4.50. The minimum atomic E-state index is -3.13. The number of rotatable bonds is 0. The molecule has 0 saturated heterocycles. The predicted octanol–water partition coefficient (Wildman–Crippen LogP) is -7.43. The first-order chi connectivity index (χ1) is 5.20. The fraction of sp³-hybridized carbons (Fsp3) is 0. The van der Waals surface area contributed by atoms with Crippen molar-refractivity contribution in [1.29, 1.82) is 0 Å². The van der Waals surface area contributed by atoms with E-state index in [2.05, 4.69) is 0 Å². The van der Waals surface area contributed by atoms with Crippen LogP contribution in [-0.2, 0) is 13.4 Å². The van der Waals surface area contributed by atoms with E-state index in [1.807, 2.05) is 0 Å². The van der Waals surface area contributed by atoms with Crippen molar-refractivity contribution in [3.63, 3.8) is 0 Å². The van der Waals surface area contributed by atoms with Crippen molar-refractivity contribution in [2.75, 3.05) is 0 Å². The summed E-state index contributed by atoms with van der Waals surface area (Å²) in [5.74, 6) is 0. The Hall–Kier alpha value is 3.49. The van der Waals surface area contributed by atoms with Crippen LogP contribution in [0.4, 0.5) is 0 Å². The molecule has 0 aromatic carbocycles. The van der Waals surface area contributed by atoms with Crippen LogP contribution in [0.25, 0.3) is 0 Å². The second kappa shape index (κ2) is 36.3. The molecule has 0 heterocycles. The Labute approximate surface area is 205 Å². The van der Waals surface area contributed by atoms with Gasteiger partial charge in [-0.25, -0.2) is 0 Å². The zero-order valence-corrected chi connectivity index (χ0v) is 8.41. The fourth-order valence-electron chi connectivity index (χ4n) is 0. The van der Waals surface area contributed by atoms with Gasteiger partial charge in [-0.2, -0.15) is 0 Å². The Morgan fingerprint density at radius 2 is 0.500 bits per heavy atom. The molecule has 0 aromatic heterocycles. The molecule has 16 heteroatoms. The summed E-state index contributed by atoms with van der Waals surface area (Å²) in [5.41, 5.74) is 0. The fourth-order valence-corrected chi connectivity index (χ4v) is 0. The van der Waals surface area contributed by atoms with Crippen LogP contribution in [0.5, 0.6) is 0 Å². The molecule has 9 nitrogen and oxygen atoms in total. The molecule has 0 amide bonds. The number of hydrogen-bond donors (Lipinski definition) is 6. The summed E-state index contributed by atoms with van der Waals surface area (Å²) in [4.78, 5) is 42.9. The first-order valence-electron chi connectivity index (χ1n) is 1.95. The molecule has 0 aliphatic carbocycles. The third-order valence-corrected chi connectivity index (χ3v) is 0. The van der Waals surface area contributed by atoms with Crippen molar-refractivity contribution in [2.24, 2.45) is 0 Å². The standard InChI is InChI=1S/K.3Na.3H2O3Si.4H/c;;;;3*1-4(2)3;;;;/h;;;;3*1-2H;;;;. The third kappa shape index (κ3) is 391. The maximum atomic E-state index is 8.74. The molecule has 0 fully saturated rings. The van der Waals surface area contributed by atoms with E-state index < -0.39 is 27.5 Å². The molecular weight excluding hydrogens is 336 g/mol. The van der Waals surface area contributed by atoms with Crippen molar-refractivity contribution in [3.05, 3.63) is 0 Å². The Balaban J connectivity index is -0.0000000135.